The molecule has 0 aliphatic heterocycles. The highest BCUT2D eigenvalue weighted by atomic mass is 16.3. The van der Waals surface area contributed by atoms with Gasteiger partial charge >= 0.3 is 0 Å². The summed E-state index contributed by atoms with van der Waals surface area (Å²) in [7, 11) is 0. The minimum Gasteiger partial charge on any atom is -0.459 e. The lowest BCUT2D eigenvalue weighted by Gasteiger charge is -2.12. The van der Waals surface area contributed by atoms with Crippen molar-refractivity contribution >= 4 is 27.6 Å². The molecular formula is C22H19NO2. The van der Waals surface area contributed by atoms with Crippen molar-refractivity contribution in [3.8, 4) is 0 Å². The van der Waals surface area contributed by atoms with E-state index >= 15 is 0 Å². The number of carbonyl (C=O) groups is 1. The van der Waals surface area contributed by atoms with Crippen LogP contribution < -0.4 is 5.32 Å². The van der Waals surface area contributed by atoms with Gasteiger partial charge in [0.25, 0.3) is 0 Å². The van der Waals surface area contributed by atoms with Gasteiger partial charge in [0.2, 0.25) is 5.91 Å². The predicted octanol–water partition coefficient (Wildman–Crippen LogP) is 5.01. The Bertz CT molecular complexity index is 1010. The summed E-state index contributed by atoms with van der Waals surface area (Å²) in [5, 5.41) is 6.36. The van der Waals surface area contributed by atoms with Crippen LogP contribution in [0.15, 0.2) is 77.2 Å². The molecule has 1 N–H and O–H groups in total. The molecule has 0 aliphatic carbocycles. The van der Waals surface area contributed by atoms with Gasteiger partial charge in [-0.3, -0.25) is 4.79 Å². The van der Waals surface area contributed by atoms with Crippen molar-refractivity contribution in [3.05, 3.63) is 84.1 Å². The van der Waals surface area contributed by atoms with Crippen molar-refractivity contribution in [1.29, 1.82) is 0 Å². The largest absolute Gasteiger partial charge is 0.459 e. The van der Waals surface area contributed by atoms with E-state index in [1.165, 1.54) is 0 Å². The molecule has 1 amide bonds. The molecule has 4 rings (SSSR count). The van der Waals surface area contributed by atoms with E-state index in [9.17, 15) is 4.79 Å². The summed E-state index contributed by atoms with van der Waals surface area (Å²) >= 11 is 0. The minimum atomic E-state index is -0.171. The quantitative estimate of drug-likeness (QED) is 0.572. The molecule has 1 heterocycles. The number of rotatable bonds is 4. The lowest BCUT2D eigenvalue weighted by atomic mass is 10.0. The molecule has 3 heteroatoms. The average Bonchev–Trinajstić information content (AvgIpc) is 3.06. The van der Waals surface area contributed by atoms with Gasteiger partial charge in [0, 0.05) is 5.39 Å². The third-order valence-electron chi connectivity index (χ3n) is 4.48. The first-order valence-corrected chi connectivity index (χ1v) is 8.45. The van der Waals surface area contributed by atoms with Crippen LogP contribution in [0, 0.1) is 0 Å². The third-order valence-corrected chi connectivity index (χ3v) is 4.48. The number of carbonyl (C=O) groups excluding carboxylic acids is 1. The molecule has 0 aliphatic rings. The van der Waals surface area contributed by atoms with Gasteiger partial charge in [0.15, 0.2) is 0 Å². The van der Waals surface area contributed by atoms with Crippen LogP contribution in [0.25, 0.3) is 21.7 Å². The molecule has 3 nitrogen and oxygen atoms in total. The van der Waals surface area contributed by atoms with E-state index in [1.54, 1.807) is 0 Å². The summed E-state index contributed by atoms with van der Waals surface area (Å²) in [6.45, 7) is 1.94. The highest BCUT2D eigenvalue weighted by Gasteiger charge is 2.15. The van der Waals surface area contributed by atoms with E-state index < -0.39 is 0 Å². The first-order chi connectivity index (χ1) is 12.2. The second-order valence-corrected chi connectivity index (χ2v) is 6.29. The summed E-state index contributed by atoms with van der Waals surface area (Å²) in [6.07, 6.45) is 0.353. The fourth-order valence-electron chi connectivity index (χ4n) is 3.20. The smallest absolute Gasteiger partial charge is 0.225 e. The van der Waals surface area contributed by atoms with Gasteiger partial charge in [-0.05, 0) is 35.4 Å². The SMILES string of the molecule is C[C@H](NC(=O)Cc1cccc2ccccc12)c1cc2ccccc2o1. The van der Waals surface area contributed by atoms with Crippen LogP contribution in [-0.4, -0.2) is 5.91 Å². The monoisotopic (exact) mass is 329 g/mol. The van der Waals surface area contributed by atoms with Crippen molar-refractivity contribution < 1.29 is 9.21 Å². The fraction of sp³-hybridized carbons (Fsp3) is 0.136. The van der Waals surface area contributed by atoms with Crippen LogP contribution in [0.2, 0.25) is 0 Å². The van der Waals surface area contributed by atoms with Crippen LogP contribution in [0.1, 0.15) is 24.3 Å². The maximum absolute atomic E-state index is 12.5. The second-order valence-electron chi connectivity index (χ2n) is 6.29. The Morgan fingerprint density at radius 3 is 2.52 bits per heavy atom. The van der Waals surface area contributed by atoms with Gasteiger partial charge in [-0.2, -0.15) is 0 Å². The Balaban J connectivity index is 1.51. The third kappa shape index (κ3) is 3.13. The molecule has 0 saturated carbocycles. The van der Waals surface area contributed by atoms with Crippen molar-refractivity contribution in [3.63, 3.8) is 0 Å². The summed E-state index contributed by atoms with van der Waals surface area (Å²) in [5.74, 6) is 0.761. The molecule has 0 unspecified atom stereocenters. The Hall–Kier alpha value is -3.07. The highest BCUT2D eigenvalue weighted by molar-refractivity contribution is 5.90. The van der Waals surface area contributed by atoms with E-state index in [-0.39, 0.29) is 11.9 Å². The lowest BCUT2D eigenvalue weighted by Crippen LogP contribution is -2.27. The van der Waals surface area contributed by atoms with Gasteiger partial charge in [0.1, 0.15) is 11.3 Å². The van der Waals surface area contributed by atoms with E-state index in [0.717, 1.165) is 33.1 Å². The van der Waals surface area contributed by atoms with Crippen LogP contribution in [-0.2, 0) is 11.2 Å². The fourth-order valence-corrected chi connectivity index (χ4v) is 3.20. The minimum absolute atomic E-state index is 0.00990. The van der Waals surface area contributed by atoms with Crippen molar-refractivity contribution in [1.82, 2.24) is 5.32 Å². The van der Waals surface area contributed by atoms with E-state index in [1.807, 2.05) is 61.5 Å². The average molecular weight is 329 g/mol. The second kappa shape index (κ2) is 6.44. The molecule has 0 radical (unpaired) electrons. The maximum atomic E-state index is 12.5. The molecule has 0 spiro atoms. The normalized spacial score (nSPS) is 12.4. The van der Waals surface area contributed by atoms with Crippen LogP contribution in [0.5, 0.6) is 0 Å². The van der Waals surface area contributed by atoms with Gasteiger partial charge in [0.05, 0.1) is 12.5 Å². The van der Waals surface area contributed by atoms with Crippen molar-refractivity contribution in [2.75, 3.05) is 0 Å². The number of amides is 1. The van der Waals surface area contributed by atoms with Crippen LogP contribution >= 0.6 is 0 Å². The number of para-hydroxylation sites is 1. The zero-order valence-electron chi connectivity index (χ0n) is 14.0. The summed E-state index contributed by atoms with van der Waals surface area (Å²) < 4.78 is 5.84. The van der Waals surface area contributed by atoms with Crippen molar-refractivity contribution in [2.24, 2.45) is 0 Å². The van der Waals surface area contributed by atoms with Crippen LogP contribution in [0.3, 0.4) is 0 Å². The van der Waals surface area contributed by atoms with Gasteiger partial charge in [-0.25, -0.2) is 0 Å². The topological polar surface area (TPSA) is 42.2 Å². The Labute approximate surface area is 146 Å². The predicted molar refractivity (Wildman–Crippen MR) is 100 cm³/mol. The molecule has 0 bridgehead atoms. The Morgan fingerprint density at radius 1 is 0.960 bits per heavy atom. The van der Waals surface area contributed by atoms with E-state index in [4.69, 9.17) is 4.42 Å². The number of hydrogen-bond donors (Lipinski definition) is 1. The number of nitrogens with one attached hydrogen (secondary N) is 1. The Kier molecular flexibility index (Phi) is 3.98. The summed E-state index contributed by atoms with van der Waals surface area (Å²) in [4.78, 5) is 12.5. The van der Waals surface area contributed by atoms with Crippen molar-refractivity contribution in [2.45, 2.75) is 19.4 Å². The molecule has 0 saturated heterocycles. The zero-order chi connectivity index (χ0) is 17.2. The van der Waals surface area contributed by atoms with Crippen LogP contribution in [0.4, 0.5) is 0 Å². The van der Waals surface area contributed by atoms with Gasteiger partial charge in [-0.1, -0.05) is 60.7 Å². The van der Waals surface area contributed by atoms with Gasteiger partial charge in [-0.15, -0.1) is 0 Å². The molecule has 25 heavy (non-hydrogen) atoms. The van der Waals surface area contributed by atoms with Gasteiger partial charge < -0.3 is 9.73 Å². The van der Waals surface area contributed by atoms with E-state index in [0.29, 0.717) is 6.42 Å². The standard InChI is InChI=1S/C22H19NO2/c1-15(21-13-18-8-3-5-12-20(18)25-21)23-22(24)14-17-10-6-9-16-7-2-4-11-19(16)17/h2-13,15H,14H2,1H3,(H,23,24)/t15-/m0/s1. The maximum Gasteiger partial charge on any atom is 0.225 e. The number of fused-ring (bicyclic) bond motifs is 2. The highest BCUT2D eigenvalue weighted by Crippen LogP contribution is 2.24. The number of hydrogen-bond acceptors (Lipinski definition) is 2. The molecule has 1 atom stereocenters. The number of benzene rings is 3. The van der Waals surface area contributed by atoms with E-state index in [2.05, 4.69) is 23.5 Å². The first-order valence-electron chi connectivity index (χ1n) is 8.45. The molecular weight excluding hydrogens is 310 g/mol. The number of furan rings is 1. The lowest BCUT2D eigenvalue weighted by molar-refractivity contribution is -0.121. The Morgan fingerprint density at radius 2 is 1.68 bits per heavy atom. The molecule has 124 valence electrons. The summed E-state index contributed by atoms with van der Waals surface area (Å²) in [5.41, 5.74) is 1.88. The zero-order valence-corrected chi connectivity index (χ0v) is 14.0. The molecule has 4 aromatic rings. The molecule has 0 fully saturated rings. The molecule has 1 aromatic heterocycles. The molecule has 3 aromatic carbocycles. The summed E-state index contributed by atoms with van der Waals surface area (Å²) in [6, 6.07) is 23.9. The first kappa shape index (κ1) is 15.5.